The number of ether oxygens (including phenoxy) is 1. The molecule has 2 aromatic rings. The third-order valence-corrected chi connectivity index (χ3v) is 5.37. The van der Waals surface area contributed by atoms with E-state index in [1.54, 1.807) is 12.0 Å². The van der Waals surface area contributed by atoms with Crippen LogP contribution in [-0.4, -0.2) is 60.1 Å². The first-order chi connectivity index (χ1) is 13.1. The number of hydrogen-bond donors (Lipinski definition) is 3. The Morgan fingerprint density at radius 1 is 1.22 bits per heavy atom. The summed E-state index contributed by atoms with van der Waals surface area (Å²) in [7, 11) is 1.66. The lowest BCUT2D eigenvalue weighted by Gasteiger charge is -2.24. The van der Waals surface area contributed by atoms with Gasteiger partial charge in [-0.25, -0.2) is 4.79 Å². The van der Waals surface area contributed by atoms with Crippen LogP contribution in [0, 0.1) is 0 Å². The van der Waals surface area contributed by atoms with E-state index >= 15 is 0 Å². The molecule has 1 aliphatic heterocycles. The Labute approximate surface area is 159 Å². The molecule has 146 valence electrons. The quantitative estimate of drug-likeness (QED) is 0.752. The second-order valence-electron chi connectivity index (χ2n) is 7.17. The van der Waals surface area contributed by atoms with Crippen LogP contribution in [0.3, 0.4) is 0 Å². The van der Waals surface area contributed by atoms with Crippen LogP contribution in [0.4, 0.5) is 4.79 Å². The number of fused-ring (bicyclic) bond motifs is 1. The summed E-state index contributed by atoms with van der Waals surface area (Å²) in [6.07, 6.45) is 2.26. The highest BCUT2D eigenvalue weighted by Crippen LogP contribution is 2.28. The van der Waals surface area contributed by atoms with Gasteiger partial charge in [0.2, 0.25) is 0 Å². The maximum Gasteiger partial charge on any atom is 0.317 e. The van der Waals surface area contributed by atoms with Gasteiger partial charge < -0.3 is 25.2 Å². The monoisotopic (exact) mass is 372 g/mol. The fourth-order valence-corrected chi connectivity index (χ4v) is 3.71. The van der Waals surface area contributed by atoms with Crippen LogP contribution in [0.15, 0.2) is 36.4 Å². The van der Waals surface area contributed by atoms with Crippen molar-refractivity contribution in [3.63, 3.8) is 0 Å². The lowest BCUT2D eigenvalue weighted by atomic mass is 9.96. The number of urea groups is 1. The Kier molecular flexibility index (Phi) is 6.19. The molecule has 2 aromatic carbocycles. The van der Waals surface area contributed by atoms with Gasteiger partial charge in [-0.2, -0.15) is 0 Å². The molecule has 0 saturated carbocycles. The molecule has 27 heavy (non-hydrogen) atoms. The molecule has 1 fully saturated rings. The van der Waals surface area contributed by atoms with E-state index in [2.05, 4.69) is 17.4 Å². The Balaban J connectivity index is 1.61. The molecule has 1 aliphatic rings. The lowest BCUT2D eigenvalue weighted by molar-refractivity contribution is -0.0248. The Morgan fingerprint density at radius 2 is 2.04 bits per heavy atom. The molecule has 0 aliphatic carbocycles. The second-order valence-corrected chi connectivity index (χ2v) is 7.17. The van der Waals surface area contributed by atoms with Crippen LogP contribution in [0.5, 0.6) is 5.75 Å². The molecule has 0 bridgehead atoms. The summed E-state index contributed by atoms with van der Waals surface area (Å²) in [4.78, 5) is 14.2. The predicted octanol–water partition coefficient (Wildman–Crippen LogP) is 2.31. The van der Waals surface area contributed by atoms with Gasteiger partial charge in [0, 0.05) is 25.2 Å². The number of carbonyl (C=O) groups is 1. The number of aliphatic hydroxyl groups excluding tert-OH is 1. The minimum atomic E-state index is -1.06. The van der Waals surface area contributed by atoms with Crippen LogP contribution in [-0.2, 0) is 6.42 Å². The highest BCUT2D eigenvalue weighted by Gasteiger charge is 2.30. The van der Waals surface area contributed by atoms with Crippen molar-refractivity contribution in [3.05, 3.63) is 42.0 Å². The van der Waals surface area contributed by atoms with Crippen molar-refractivity contribution in [2.45, 2.75) is 31.3 Å². The fourth-order valence-electron chi connectivity index (χ4n) is 3.71. The van der Waals surface area contributed by atoms with E-state index in [9.17, 15) is 15.0 Å². The third-order valence-electron chi connectivity index (χ3n) is 5.37. The van der Waals surface area contributed by atoms with Crippen molar-refractivity contribution in [2.24, 2.45) is 0 Å². The molecule has 0 radical (unpaired) electrons. The topological polar surface area (TPSA) is 82.0 Å². The number of amides is 2. The number of hydrogen-bond acceptors (Lipinski definition) is 4. The van der Waals surface area contributed by atoms with Gasteiger partial charge in [-0.15, -0.1) is 0 Å². The van der Waals surface area contributed by atoms with Crippen molar-refractivity contribution in [1.82, 2.24) is 10.2 Å². The summed E-state index contributed by atoms with van der Waals surface area (Å²) < 4.78 is 5.50. The van der Waals surface area contributed by atoms with E-state index in [0.29, 0.717) is 45.3 Å². The number of benzene rings is 2. The highest BCUT2D eigenvalue weighted by molar-refractivity contribution is 5.87. The summed E-state index contributed by atoms with van der Waals surface area (Å²) in [5.41, 5.74) is 0.0205. The smallest absolute Gasteiger partial charge is 0.317 e. The van der Waals surface area contributed by atoms with Crippen LogP contribution in [0.1, 0.15) is 24.8 Å². The van der Waals surface area contributed by atoms with E-state index < -0.39 is 5.60 Å². The first kappa shape index (κ1) is 19.5. The van der Waals surface area contributed by atoms with Gasteiger partial charge >= 0.3 is 6.03 Å². The molecule has 3 rings (SSSR count). The SMILES string of the molecule is COc1ccc2ccccc2c1CCNC(=O)N1CCC[C@@](O)(CO)CC1. The van der Waals surface area contributed by atoms with E-state index in [4.69, 9.17) is 4.74 Å². The summed E-state index contributed by atoms with van der Waals surface area (Å²) in [6, 6.07) is 12.0. The van der Waals surface area contributed by atoms with Crippen molar-refractivity contribution in [3.8, 4) is 5.75 Å². The summed E-state index contributed by atoms with van der Waals surface area (Å²) >= 11 is 0. The van der Waals surface area contributed by atoms with E-state index in [0.717, 1.165) is 22.1 Å². The van der Waals surface area contributed by atoms with Gasteiger partial charge in [-0.1, -0.05) is 30.3 Å². The standard InChI is InChI=1S/C21H28N2O4/c1-27-19-8-7-16-5-2-3-6-17(16)18(19)9-12-22-20(25)23-13-4-10-21(26,15-24)11-14-23/h2-3,5-8,24,26H,4,9-15H2,1H3,(H,22,25)/t21-/m0/s1. The number of rotatable bonds is 5. The molecule has 0 unspecified atom stereocenters. The molecule has 2 amide bonds. The molecule has 6 nitrogen and oxygen atoms in total. The number of nitrogens with zero attached hydrogens (tertiary/aromatic N) is 1. The summed E-state index contributed by atoms with van der Waals surface area (Å²) in [5, 5.41) is 24.8. The summed E-state index contributed by atoms with van der Waals surface area (Å²) in [6.45, 7) is 1.28. The normalized spacial score (nSPS) is 20.3. The van der Waals surface area contributed by atoms with Crippen molar-refractivity contribution in [2.75, 3.05) is 33.4 Å². The number of methoxy groups -OCH3 is 1. The minimum Gasteiger partial charge on any atom is -0.496 e. The molecular formula is C21H28N2O4. The zero-order valence-corrected chi connectivity index (χ0v) is 15.8. The molecular weight excluding hydrogens is 344 g/mol. The zero-order valence-electron chi connectivity index (χ0n) is 15.8. The predicted molar refractivity (Wildman–Crippen MR) is 105 cm³/mol. The Morgan fingerprint density at radius 3 is 2.81 bits per heavy atom. The van der Waals surface area contributed by atoms with Gasteiger partial charge in [0.15, 0.2) is 0 Å². The fraction of sp³-hybridized carbons (Fsp3) is 0.476. The van der Waals surface area contributed by atoms with Crippen molar-refractivity contribution >= 4 is 16.8 Å². The summed E-state index contributed by atoms with van der Waals surface area (Å²) in [5.74, 6) is 0.825. The average Bonchev–Trinajstić information content (AvgIpc) is 2.90. The van der Waals surface area contributed by atoms with Crippen molar-refractivity contribution < 1.29 is 19.7 Å². The van der Waals surface area contributed by atoms with Gasteiger partial charge in [-0.3, -0.25) is 0 Å². The third kappa shape index (κ3) is 4.51. The molecule has 1 saturated heterocycles. The van der Waals surface area contributed by atoms with Crippen LogP contribution in [0.25, 0.3) is 10.8 Å². The highest BCUT2D eigenvalue weighted by atomic mass is 16.5. The lowest BCUT2D eigenvalue weighted by Crippen LogP contribution is -2.42. The number of aliphatic hydroxyl groups is 2. The zero-order chi connectivity index (χ0) is 19.3. The molecule has 0 spiro atoms. The molecule has 6 heteroatoms. The Bertz CT molecular complexity index is 795. The van der Waals surface area contributed by atoms with E-state index in [-0.39, 0.29) is 12.6 Å². The average molecular weight is 372 g/mol. The number of carbonyl (C=O) groups excluding carboxylic acids is 1. The van der Waals surface area contributed by atoms with Gasteiger partial charge in [0.1, 0.15) is 5.75 Å². The van der Waals surface area contributed by atoms with Gasteiger partial charge in [0.25, 0.3) is 0 Å². The largest absolute Gasteiger partial charge is 0.496 e. The molecule has 3 N–H and O–H groups in total. The molecule has 1 heterocycles. The van der Waals surface area contributed by atoms with E-state index in [1.807, 2.05) is 24.3 Å². The first-order valence-electron chi connectivity index (χ1n) is 9.47. The maximum atomic E-state index is 12.5. The van der Waals surface area contributed by atoms with Crippen molar-refractivity contribution in [1.29, 1.82) is 0 Å². The Hall–Kier alpha value is -2.31. The van der Waals surface area contributed by atoms with Crippen LogP contribution >= 0.6 is 0 Å². The number of nitrogens with one attached hydrogen (secondary N) is 1. The van der Waals surface area contributed by atoms with Gasteiger partial charge in [-0.05, 0) is 42.5 Å². The van der Waals surface area contributed by atoms with E-state index in [1.165, 1.54) is 0 Å². The van der Waals surface area contributed by atoms with Crippen LogP contribution < -0.4 is 10.1 Å². The second kappa shape index (κ2) is 8.59. The van der Waals surface area contributed by atoms with Crippen LogP contribution in [0.2, 0.25) is 0 Å². The number of likely N-dealkylation sites (tertiary alicyclic amines) is 1. The molecule has 0 aromatic heterocycles. The molecule has 1 atom stereocenters. The maximum absolute atomic E-state index is 12.5. The van der Waals surface area contributed by atoms with Gasteiger partial charge in [0.05, 0.1) is 19.3 Å². The first-order valence-corrected chi connectivity index (χ1v) is 9.47. The minimum absolute atomic E-state index is 0.128.